The standard InChI is InChI=1S/C20H23F2N5O3S/c1-2-17(31)24-11-14-12-27(20(29)30-14)13-9-15(21)19(16(22)10-13)26-7-5-25(6-8-26)18(28)3-4-23/h9-10,14H,2-3,5-8,11-12H2,1H3,(H,24,31)/t14-/m0/s1. The Morgan fingerprint density at radius 1 is 1.29 bits per heavy atom. The summed E-state index contributed by atoms with van der Waals surface area (Å²) < 4.78 is 34.9. The Labute approximate surface area is 184 Å². The number of carbonyl (C=O) groups excluding carboxylic acids is 2. The molecule has 0 aliphatic carbocycles. The van der Waals surface area contributed by atoms with Crippen LogP contribution in [0.15, 0.2) is 12.1 Å². The van der Waals surface area contributed by atoms with Gasteiger partial charge in [-0.1, -0.05) is 19.1 Å². The molecule has 8 nitrogen and oxygen atoms in total. The molecule has 2 heterocycles. The number of amides is 2. The molecule has 2 aliphatic rings. The molecule has 11 heteroatoms. The van der Waals surface area contributed by atoms with Gasteiger partial charge in [0.15, 0.2) is 11.6 Å². The van der Waals surface area contributed by atoms with E-state index in [0.717, 1.165) is 12.1 Å². The van der Waals surface area contributed by atoms with E-state index >= 15 is 0 Å². The lowest BCUT2D eigenvalue weighted by Gasteiger charge is -2.36. The van der Waals surface area contributed by atoms with E-state index in [-0.39, 0.29) is 56.4 Å². The van der Waals surface area contributed by atoms with E-state index in [1.54, 1.807) is 6.07 Å². The number of benzene rings is 1. The molecule has 2 fully saturated rings. The van der Waals surface area contributed by atoms with Crippen LogP contribution in [0.3, 0.4) is 0 Å². The number of hydrogen-bond donors (Lipinski definition) is 1. The van der Waals surface area contributed by atoms with Gasteiger partial charge in [-0.05, 0) is 6.42 Å². The highest BCUT2D eigenvalue weighted by Crippen LogP contribution is 2.31. The summed E-state index contributed by atoms with van der Waals surface area (Å²) in [5, 5.41) is 11.6. The van der Waals surface area contributed by atoms with E-state index in [1.807, 2.05) is 6.92 Å². The molecule has 0 saturated carbocycles. The molecule has 1 atom stereocenters. The Morgan fingerprint density at radius 2 is 1.94 bits per heavy atom. The summed E-state index contributed by atoms with van der Waals surface area (Å²) in [5.74, 6) is -1.89. The van der Waals surface area contributed by atoms with Crippen LogP contribution < -0.4 is 15.1 Å². The average molecular weight is 451 g/mol. The first-order valence-corrected chi connectivity index (χ1v) is 10.4. The minimum Gasteiger partial charge on any atom is -0.442 e. The largest absolute Gasteiger partial charge is 0.442 e. The minimum absolute atomic E-state index is 0.0761. The van der Waals surface area contributed by atoms with Crippen LogP contribution in [0, 0.1) is 23.0 Å². The molecule has 1 aromatic rings. The maximum Gasteiger partial charge on any atom is 0.414 e. The molecular weight excluding hydrogens is 428 g/mol. The fraction of sp³-hybridized carbons (Fsp3) is 0.500. The zero-order valence-corrected chi connectivity index (χ0v) is 17.9. The molecule has 2 amide bonds. The number of nitrogens with zero attached hydrogens (tertiary/aromatic N) is 4. The van der Waals surface area contributed by atoms with Gasteiger partial charge in [-0.25, -0.2) is 13.6 Å². The van der Waals surface area contributed by atoms with Crippen molar-refractivity contribution in [3.63, 3.8) is 0 Å². The highest BCUT2D eigenvalue weighted by Gasteiger charge is 2.34. The maximum atomic E-state index is 14.8. The van der Waals surface area contributed by atoms with Gasteiger partial charge < -0.3 is 19.9 Å². The van der Waals surface area contributed by atoms with Gasteiger partial charge in [0.05, 0.1) is 29.8 Å². The van der Waals surface area contributed by atoms with Crippen LogP contribution in [0.4, 0.5) is 25.0 Å². The van der Waals surface area contributed by atoms with E-state index in [1.165, 1.54) is 14.7 Å². The Bertz CT molecular complexity index is 892. The van der Waals surface area contributed by atoms with Crippen molar-refractivity contribution in [1.82, 2.24) is 10.2 Å². The smallest absolute Gasteiger partial charge is 0.414 e. The molecular formula is C20H23F2N5O3S. The number of anilines is 2. The van der Waals surface area contributed by atoms with Gasteiger partial charge in [-0.2, -0.15) is 5.26 Å². The summed E-state index contributed by atoms with van der Waals surface area (Å²) in [6.07, 6.45) is -0.713. The molecule has 31 heavy (non-hydrogen) atoms. The van der Waals surface area contributed by atoms with E-state index in [0.29, 0.717) is 18.0 Å². The molecule has 0 aromatic heterocycles. The van der Waals surface area contributed by atoms with Crippen molar-refractivity contribution in [2.75, 3.05) is 49.1 Å². The monoisotopic (exact) mass is 451 g/mol. The molecule has 0 spiro atoms. The summed E-state index contributed by atoms with van der Waals surface area (Å²) >= 11 is 5.08. The number of ether oxygens (including phenoxy) is 1. The number of hydrogen-bond acceptors (Lipinski definition) is 6. The Hall–Kier alpha value is -3.00. The van der Waals surface area contributed by atoms with Crippen LogP contribution in [-0.2, 0) is 9.53 Å². The van der Waals surface area contributed by atoms with Crippen LogP contribution in [-0.4, -0.2) is 67.3 Å². The number of cyclic esters (lactones) is 1. The van der Waals surface area contributed by atoms with Crippen molar-refractivity contribution in [3.05, 3.63) is 23.8 Å². The van der Waals surface area contributed by atoms with Crippen molar-refractivity contribution in [2.24, 2.45) is 0 Å². The van der Waals surface area contributed by atoms with Crippen LogP contribution >= 0.6 is 12.2 Å². The molecule has 3 rings (SSSR count). The maximum absolute atomic E-state index is 14.8. The quantitative estimate of drug-likeness (QED) is 0.663. The third kappa shape index (κ3) is 5.19. The molecule has 0 bridgehead atoms. The normalized spacial score (nSPS) is 18.6. The van der Waals surface area contributed by atoms with Gasteiger partial charge in [-0.3, -0.25) is 9.69 Å². The van der Waals surface area contributed by atoms with Crippen molar-refractivity contribution in [1.29, 1.82) is 5.26 Å². The van der Waals surface area contributed by atoms with Crippen LogP contribution in [0.5, 0.6) is 0 Å². The number of nitriles is 1. The topological polar surface area (TPSA) is 88.9 Å². The second kappa shape index (κ2) is 9.87. The Morgan fingerprint density at radius 3 is 2.52 bits per heavy atom. The Kier molecular flexibility index (Phi) is 7.22. The van der Waals surface area contributed by atoms with Crippen LogP contribution in [0.1, 0.15) is 19.8 Å². The highest BCUT2D eigenvalue weighted by atomic mass is 32.1. The molecule has 2 saturated heterocycles. The second-order valence-corrected chi connectivity index (χ2v) is 7.73. The SMILES string of the molecule is CCC(=S)NC[C@H]1CN(c2cc(F)c(N3CCN(C(=O)CC#N)CC3)c(F)c2)C(=O)O1. The van der Waals surface area contributed by atoms with Gasteiger partial charge in [0.25, 0.3) is 0 Å². The first kappa shape index (κ1) is 22.7. The lowest BCUT2D eigenvalue weighted by molar-refractivity contribution is -0.130. The predicted molar refractivity (Wildman–Crippen MR) is 114 cm³/mol. The summed E-state index contributed by atoms with van der Waals surface area (Å²) in [5.41, 5.74) is -0.123. The van der Waals surface area contributed by atoms with Crippen molar-refractivity contribution < 1.29 is 23.1 Å². The number of halogens is 2. The van der Waals surface area contributed by atoms with Crippen molar-refractivity contribution in [2.45, 2.75) is 25.9 Å². The first-order valence-electron chi connectivity index (χ1n) is 9.97. The fourth-order valence-electron chi connectivity index (χ4n) is 3.56. The molecule has 1 aromatic carbocycles. The van der Waals surface area contributed by atoms with E-state index in [2.05, 4.69) is 5.32 Å². The second-order valence-electron chi connectivity index (χ2n) is 7.23. The zero-order valence-electron chi connectivity index (χ0n) is 17.1. The number of piperazine rings is 1. The number of thiocarbonyl (C=S) groups is 1. The fourth-order valence-corrected chi connectivity index (χ4v) is 3.64. The molecule has 166 valence electrons. The molecule has 0 radical (unpaired) electrons. The van der Waals surface area contributed by atoms with Gasteiger partial charge in [-0.15, -0.1) is 0 Å². The summed E-state index contributed by atoms with van der Waals surface area (Å²) in [7, 11) is 0. The Balaban J connectivity index is 1.67. The third-order valence-corrected chi connectivity index (χ3v) is 5.65. The number of rotatable bonds is 6. The molecule has 0 unspecified atom stereocenters. The summed E-state index contributed by atoms with van der Waals surface area (Å²) in [6, 6.07) is 4.03. The zero-order chi connectivity index (χ0) is 22.5. The summed E-state index contributed by atoms with van der Waals surface area (Å²) in [4.78, 5) is 28.8. The van der Waals surface area contributed by atoms with Gasteiger partial charge in [0.2, 0.25) is 5.91 Å². The van der Waals surface area contributed by atoms with Crippen molar-refractivity contribution >= 4 is 40.6 Å². The average Bonchev–Trinajstić information content (AvgIpc) is 3.12. The lowest BCUT2D eigenvalue weighted by Crippen LogP contribution is -2.49. The van der Waals surface area contributed by atoms with Gasteiger partial charge in [0.1, 0.15) is 18.2 Å². The van der Waals surface area contributed by atoms with E-state index in [4.69, 9.17) is 22.2 Å². The summed E-state index contributed by atoms with van der Waals surface area (Å²) in [6.45, 7) is 3.40. The predicted octanol–water partition coefficient (Wildman–Crippen LogP) is 2.18. The first-order chi connectivity index (χ1) is 14.8. The minimum atomic E-state index is -0.798. The van der Waals surface area contributed by atoms with Crippen LogP contribution in [0.25, 0.3) is 0 Å². The van der Waals surface area contributed by atoms with Crippen molar-refractivity contribution in [3.8, 4) is 6.07 Å². The number of carbonyl (C=O) groups is 2. The van der Waals surface area contributed by atoms with Gasteiger partial charge >= 0.3 is 6.09 Å². The van der Waals surface area contributed by atoms with Gasteiger partial charge in [0, 0.05) is 38.3 Å². The van der Waals surface area contributed by atoms with E-state index in [9.17, 15) is 18.4 Å². The molecule has 1 N–H and O–H groups in total. The molecule has 2 aliphatic heterocycles. The third-order valence-electron chi connectivity index (χ3n) is 5.21. The lowest BCUT2D eigenvalue weighted by atomic mass is 10.2. The van der Waals surface area contributed by atoms with E-state index < -0.39 is 23.8 Å². The number of nitrogens with one attached hydrogen (secondary N) is 1. The van der Waals surface area contributed by atoms with Crippen LogP contribution in [0.2, 0.25) is 0 Å². The highest BCUT2D eigenvalue weighted by molar-refractivity contribution is 7.80.